The minimum Gasteiger partial charge on any atom is -0.490 e. The number of amides is 2. The Bertz CT molecular complexity index is 485. The van der Waals surface area contributed by atoms with Crippen molar-refractivity contribution in [3.63, 3.8) is 0 Å². The van der Waals surface area contributed by atoms with Gasteiger partial charge in [-0.3, -0.25) is 0 Å². The number of hydrogen-bond donors (Lipinski definition) is 2. The molecule has 96 valence electrons. The molecule has 0 radical (unpaired) electrons. The van der Waals surface area contributed by atoms with Crippen molar-refractivity contribution >= 4 is 11.7 Å². The molecule has 1 aromatic carbocycles. The van der Waals surface area contributed by atoms with Crippen molar-refractivity contribution < 1.29 is 14.3 Å². The van der Waals surface area contributed by atoms with Gasteiger partial charge in [-0.2, -0.15) is 5.10 Å². The molecule has 6 nitrogen and oxygen atoms in total. The van der Waals surface area contributed by atoms with Gasteiger partial charge in [0.2, 0.25) is 0 Å². The van der Waals surface area contributed by atoms with Crippen LogP contribution in [0.3, 0.4) is 0 Å². The molecule has 6 heteroatoms. The Labute approximate surface area is 105 Å². The van der Waals surface area contributed by atoms with Crippen molar-refractivity contribution in [3.8, 4) is 11.5 Å². The number of nitrogens with one attached hydrogen (secondary N) is 1. The van der Waals surface area contributed by atoms with Crippen LogP contribution < -0.4 is 20.6 Å². The predicted molar refractivity (Wildman–Crippen MR) is 67.0 cm³/mol. The zero-order chi connectivity index (χ0) is 13.0. The maximum atomic E-state index is 10.6. The maximum absolute atomic E-state index is 10.6. The zero-order valence-electron chi connectivity index (χ0n) is 10.1. The first-order valence-electron chi connectivity index (χ1n) is 5.66. The van der Waals surface area contributed by atoms with E-state index in [4.69, 9.17) is 15.2 Å². The van der Waals surface area contributed by atoms with E-state index in [1.807, 2.05) is 18.2 Å². The number of fused-ring (bicyclic) bond motifs is 1. The summed E-state index contributed by atoms with van der Waals surface area (Å²) in [7, 11) is 0. The average Bonchev–Trinajstić information content (AvgIpc) is 2.60. The fraction of sp³-hybridized carbons (Fsp3) is 0.333. The molecule has 1 heterocycles. The molecule has 0 aromatic heterocycles. The molecule has 0 saturated carbocycles. The molecular weight excluding hydrogens is 234 g/mol. The summed E-state index contributed by atoms with van der Waals surface area (Å²) in [5.41, 5.74) is 8.62. The molecule has 3 N–H and O–H groups in total. The third-order valence-corrected chi connectivity index (χ3v) is 2.50. The number of nitrogens with two attached hydrogens (primary N) is 1. The highest BCUT2D eigenvalue weighted by Gasteiger charge is 2.11. The van der Waals surface area contributed by atoms with Gasteiger partial charge < -0.3 is 15.2 Å². The second kappa shape index (κ2) is 5.39. The van der Waals surface area contributed by atoms with Crippen molar-refractivity contribution in [1.29, 1.82) is 0 Å². The number of carbonyl (C=O) groups excluding carboxylic acids is 1. The highest BCUT2D eigenvalue weighted by molar-refractivity contribution is 5.99. The van der Waals surface area contributed by atoms with E-state index in [9.17, 15) is 4.79 Å². The molecule has 18 heavy (non-hydrogen) atoms. The number of rotatable bonds is 2. The quantitative estimate of drug-likeness (QED) is 0.610. The lowest BCUT2D eigenvalue weighted by molar-refractivity contribution is 0.249. The van der Waals surface area contributed by atoms with Crippen LogP contribution in [0.5, 0.6) is 11.5 Å². The number of ether oxygens (including phenoxy) is 2. The topological polar surface area (TPSA) is 85.9 Å². The van der Waals surface area contributed by atoms with E-state index in [1.165, 1.54) is 0 Å². The maximum Gasteiger partial charge on any atom is 0.332 e. The fourth-order valence-corrected chi connectivity index (χ4v) is 1.59. The van der Waals surface area contributed by atoms with Gasteiger partial charge in [-0.25, -0.2) is 10.2 Å². The number of nitrogens with zero attached hydrogens (tertiary/aromatic N) is 1. The molecule has 2 amide bonds. The lowest BCUT2D eigenvalue weighted by Gasteiger charge is -2.09. The summed E-state index contributed by atoms with van der Waals surface area (Å²) in [6.07, 6.45) is 0.861. The van der Waals surface area contributed by atoms with Crippen molar-refractivity contribution in [2.24, 2.45) is 10.8 Å². The third-order valence-electron chi connectivity index (χ3n) is 2.50. The summed E-state index contributed by atoms with van der Waals surface area (Å²) in [6.45, 7) is 3.06. The molecule has 1 aliphatic heterocycles. The number of urea groups is 1. The van der Waals surface area contributed by atoms with Crippen LogP contribution in [0.4, 0.5) is 4.79 Å². The predicted octanol–water partition coefficient (Wildman–Crippen LogP) is 1.24. The lowest BCUT2D eigenvalue weighted by Crippen LogP contribution is -2.25. The minimum absolute atomic E-state index is 0.631. The molecule has 0 saturated heterocycles. The van der Waals surface area contributed by atoms with Crippen LogP contribution >= 0.6 is 0 Å². The Morgan fingerprint density at radius 1 is 1.33 bits per heavy atom. The van der Waals surface area contributed by atoms with Crippen molar-refractivity contribution in [1.82, 2.24) is 5.43 Å². The average molecular weight is 249 g/mol. The van der Waals surface area contributed by atoms with Gasteiger partial charge in [0.25, 0.3) is 0 Å². The first-order valence-corrected chi connectivity index (χ1v) is 5.66. The third kappa shape index (κ3) is 2.91. The van der Waals surface area contributed by atoms with Crippen LogP contribution in [-0.2, 0) is 0 Å². The van der Waals surface area contributed by atoms with E-state index >= 15 is 0 Å². The van der Waals surface area contributed by atoms with E-state index in [2.05, 4.69) is 10.5 Å². The molecular formula is C12H15N3O3. The molecule has 0 spiro atoms. The van der Waals surface area contributed by atoms with Gasteiger partial charge in [0.05, 0.1) is 18.9 Å². The van der Waals surface area contributed by atoms with Gasteiger partial charge in [0.15, 0.2) is 11.5 Å². The van der Waals surface area contributed by atoms with Gasteiger partial charge in [-0.05, 0) is 25.1 Å². The van der Waals surface area contributed by atoms with Crippen molar-refractivity contribution in [2.75, 3.05) is 13.2 Å². The van der Waals surface area contributed by atoms with Gasteiger partial charge >= 0.3 is 6.03 Å². The molecule has 1 aliphatic rings. The van der Waals surface area contributed by atoms with Gasteiger partial charge in [-0.15, -0.1) is 0 Å². The normalized spacial score (nSPS) is 14.8. The van der Waals surface area contributed by atoms with E-state index in [0.29, 0.717) is 24.7 Å². The number of carbonyl (C=O) groups is 1. The van der Waals surface area contributed by atoms with Gasteiger partial charge in [0.1, 0.15) is 0 Å². The Balaban J connectivity index is 2.22. The minimum atomic E-state index is -0.691. The van der Waals surface area contributed by atoms with E-state index in [1.54, 1.807) is 6.92 Å². The summed E-state index contributed by atoms with van der Waals surface area (Å²) < 4.78 is 11.1. The second-order valence-electron chi connectivity index (χ2n) is 3.89. The summed E-state index contributed by atoms with van der Waals surface area (Å²) in [5, 5.41) is 3.86. The van der Waals surface area contributed by atoms with Gasteiger partial charge in [0, 0.05) is 12.0 Å². The number of benzene rings is 1. The monoisotopic (exact) mass is 249 g/mol. The molecule has 1 aromatic rings. The van der Waals surface area contributed by atoms with Crippen LogP contribution in [-0.4, -0.2) is 25.0 Å². The van der Waals surface area contributed by atoms with Crippen LogP contribution in [0.1, 0.15) is 18.9 Å². The lowest BCUT2D eigenvalue weighted by atomic mass is 10.1. The van der Waals surface area contributed by atoms with Crippen molar-refractivity contribution in [3.05, 3.63) is 23.8 Å². The first kappa shape index (κ1) is 12.2. The summed E-state index contributed by atoms with van der Waals surface area (Å²) in [4.78, 5) is 10.6. The Morgan fingerprint density at radius 2 is 2.06 bits per heavy atom. The summed E-state index contributed by atoms with van der Waals surface area (Å²) in [5.74, 6) is 1.42. The first-order chi connectivity index (χ1) is 8.66. The Kier molecular flexibility index (Phi) is 3.66. The number of primary amides is 1. The van der Waals surface area contributed by atoms with E-state index in [0.717, 1.165) is 17.7 Å². The number of hydrogen-bond acceptors (Lipinski definition) is 4. The summed E-state index contributed by atoms with van der Waals surface area (Å²) in [6, 6.07) is 4.83. The van der Waals surface area contributed by atoms with Crippen LogP contribution in [0.25, 0.3) is 0 Å². The van der Waals surface area contributed by atoms with Crippen molar-refractivity contribution in [2.45, 2.75) is 13.3 Å². The number of hydrazone groups is 1. The second-order valence-corrected chi connectivity index (χ2v) is 3.89. The van der Waals surface area contributed by atoms with Crippen LogP contribution in [0.2, 0.25) is 0 Å². The molecule has 0 bridgehead atoms. The standard InChI is InChI=1S/C12H15N3O3/c1-8(14-15-12(13)16)9-3-4-10-11(7-9)18-6-2-5-17-10/h3-4,7H,2,5-6H2,1H3,(H3,13,15,16)/b14-8+. The molecule has 0 fully saturated rings. The zero-order valence-corrected chi connectivity index (χ0v) is 10.1. The summed E-state index contributed by atoms with van der Waals surface area (Å²) >= 11 is 0. The smallest absolute Gasteiger partial charge is 0.332 e. The van der Waals surface area contributed by atoms with E-state index < -0.39 is 6.03 Å². The molecule has 0 aliphatic carbocycles. The highest BCUT2D eigenvalue weighted by Crippen LogP contribution is 2.30. The van der Waals surface area contributed by atoms with Gasteiger partial charge in [-0.1, -0.05) is 0 Å². The Morgan fingerprint density at radius 3 is 2.78 bits per heavy atom. The Hall–Kier alpha value is -2.24. The van der Waals surface area contributed by atoms with Crippen LogP contribution in [0, 0.1) is 0 Å². The van der Waals surface area contributed by atoms with Crippen LogP contribution in [0.15, 0.2) is 23.3 Å². The fourth-order valence-electron chi connectivity index (χ4n) is 1.59. The molecule has 0 unspecified atom stereocenters. The largest absolute Gasteiger partial charge is 0.490 e. The van der Waals surface area contributed by atoms with E-state index in [-0.39, 0.29) is 0 Å². The highest BCUT2D eigenvalue weighted by atomic mass is 16.5. The molecule has 2 rings (SSSR count). The molecule has 0 atom stereocenters. The SMILES string of the molecule is C/C(=N\NC(N)=O)c1ccc2c(c1)OCCCO2.